The van der Waals surface area contributed by atoms with E-state index in [1.165, 1.54) is 31.4 Å². The van der Waals surface area contributed by atoms with Gasteiger partial charge in [-0.15, -0.1) is 0 Å². The largest absolute Gasteiger partial charge is 0.493 e. The molecule has 5 rings (SSSR count). The first kappa shape index (κ1) is 28.1. The van der Waals surface area contributed by atoms with Crippen LogP contribution in [0.2, 0.25) is 5.02 Å². The Kier molecular flexibility index (Phi) is 7.44. The van der Waals surface area contributed by atoms with Crippen molar-refractivity contribution in [3.63, 3.8) is 0 Å². The Bertz CT molecular complexity index is 1630. The van der Waals surface area contributed by atoms with Gasteiger partial charge < -0.3 is 18.9 Å². The van der Waals surface area contributed by atoms with E-state index in [9.17, 15) is 32.9 Å². The number of carbonyl (C=O) groups excluding carboxylic acids is 2. The normalized spacial score (nSPS) is 15.5. The summed E-state index contributed by atoms with van der Waals surface area (Å²) in [5.41, 5.74) is -1.18. The molecule has 0 atom stereocenters. The molecule has 2 aliphatic heterocycles. The van der Waals surface area contributed by atoms with Crippen LogP contribution in [0.15, 0.2) is 53.4 Å². The molecule has 2 heterocycles. The van der Waals surface area contributed by atoms with E-state index in [1.807, 2.05) is 0 Å². The monoisotopic (exact) mass is 608 g/mol. The molecule has 15 heteroatoms. The number of halogens is 4. The number of carbonyl (C=O) groups is 2. The third-order valence-electron chi connectivity index (χ3n) is 5.93. The van der Waals surface area contributed by atoms with Crippen molar-refractivity contribution in [2.24, 2.45) is 0 Å². The Hall–Kier alpha value is -4.43. The molecule has 0 aromatic heterocycles. The number of methoxy groups -OCH3 is 1. The summed E-state index contributed by atoms with van der Waals surface area (Å²) < 4.78 is 60.5. The van der Waals surface area contributed by atoms with Gasteiger partial charge in [-0.2, -0.15) is 13.2 Å². The van der Waals surface area contributed by atoms with Crippen molar-refractivity contribution >= 4 is 46.3 Å². The van der Waals surface area contributed by atoms with Gasteiger partial charge in [0.2, 0.25) is 12.5 Å². The second-order valence-corrected chi connectivity index (χ2v) is 9.91. The molecule has 212 valence electrons. The average Bonchev–Trinajstić information content (AvgIpc) is 3.47. The van der Waals surface area contributed by atoms with Gasteiger partial charge in [-0.3, -0.25) is 24.6 Å². The van der Waals surface area contributed by atoms with Crippen molar-refractivity contribution in [1.29, 1.82) is 0 Å². The zero-order chi connectivity index (χ0) is 29.5. The number of nitro benzene ring substituents is 1. The van der Waals surface area contributed by atoms with Crippen LogP contribution < -0.4 is 18.9 Å². The Labute approximate surface area is 238 Å². The summed E-state index contributed by atoms with van der Waals surface area (Å²) >= 11 is 7.01. The van der Waals surface area contributed by atoms with Crippen molar-refractivity contribution in [2.45, 2.75) is 12.7 Å². The van der Waals surface area contributed by atoms with Gasteiger partial charge in [0, 0.05) is 17.2 Å². The summed E-state index contributed by atoms with van der Waals surface area (Å²) in [6.07, 6.45) is -3.33. The molecule has 2 aliphatic rings. The van der Waals surface area contributed by atoms with Gasteiger partial charge in [0.1, 0.15) is 0 Å². The molecule has 3 aromatic carbocycles. The molecule has 3 aromatic rings. The van der Waals surface area contributed by atoms with Gasteiger partial charge in [0.25, 0.3) is 11.1 Å². The molecule has 0 bridgehead atoms. The van der Waals surface area contributed by atoms with Gasteiger partial charge in [-0.25, -0.2) is 0 Å². The second-order valence-electron chi connectivity index (χ2n) is 8.51. The van der Waals surface area contributed by atoms with Crippen molar-refractivity contribution in [3.05, 3.63) is 85.3 Å². The highest BCUT2D eigenvalue weighted by Gasteiger charge is 2.36. The zero-order valence-corrected chi connectivity index (χ0v) is 22.3. The highest BCUT2D eigenvalue weighted by molar-refractivity contribution is 8.18. The van der Waals surface area contributed by atoms with Crippen LogP contribution >= 0.6 is 23.4 Å². The topological polar surface area (TPSA) is 117 Å². The molecular formula is C26H16ClF3N2O8S. The minimum absolute atomic E-state index is 0.0296. The number of alkyl halides is 3. The number of thioether (sulfide) groups is 1. The van der Waals surface area contributed by atoms with Crippen LogP contribution in [0.4, 0.5) is 23.7 Å². The second kappa shape index (κ2) is 10.9. The van der Waals surface area contributed by atoms with Crippen molar-refractivity contribution < 1.29 is 46.6 Å². The number of amides is 2. The summed E-state index contributed by atoms with van der Waals surface area (Å²) in [5.74, 6) is -0.0480. The maximum atomic E-state index is 13.0. The van der Waals surface area contributed by atoms with Crippen LogP contribution in [0, 0.1) is 10.1 Å². The van der Waals surface area contributed by atoms with Crippen LogP contribution in [0.1, 0.15) is 16.7 Å². The fourth-order valence-electron chi connectivity index (χ4n) is 3.94. The molecule has 1 fully saturated rings. The molecule has 2 amide bonds. The minimum atomic E-state index is -4.78. The SMILES string of the molecule is COc1cc(/C=C2/SC(=O)N(Cc3cc4c(cc3Cl)OCO4)C2=O)ccc1Oc1ccc(C(F)(F)F)cc1[N+](=O)[O-]. The van der Waals surface area contributed by atoms with Gasteiger partial charge in [0.05, 0.1) is 29.0 Å². The molecule has 10 nitrogen and oxygen atoms in total. The Morgan fingerprint density at radius 2 is 1.78 bits per heavy atom. The van der Waals surface area contributed by atoms with E-state index in [0.717, 1.165) is 11.0 Å². The molecule has 1 saturated heterocycles. The van der Waals surface area contributed by atoms with E-state index in [1.54, 1.807) is 12.1 Å². The lowest BCUT2D eigenvalue weighted by atomic mass is 10.1. The summed E-state index contributed by atoms with van der Waals surface area (Å²) in [6, 6.07) is 9.31. The van der Waals surface area contributed by atoms with Crippen molar-refractivity contribution in [1.82, 2.24) is 4.90 Å². The van der Waals surface area contributed by atoms with Crippen LogP contribution in [-0.4, -0.2) is 34.9 Å². The lowest BCUT2D eigenvalue weighted by Gasteiger charge is -2.14. The van der Waals surface area contributed by atoms with Gasteiger partial charge in [-0.05, 0) is 59.3 Å². The standard InChI is InChI=1S/C26H16ClF3N2O8S/c1-37-20-6-13(2-4-19(20)40-18-5-3-15(26(28,29)30)9-17(18)32(35)36)7-23-24(33)31(25(34)41-23)11-14-8-21-22(10-16(14)27)39-12-38-21/h2-10H,11-12H2,1H3/b23-7+. The third-order valence-corrected chi connectivity index (χ3v) is 7.19. The number of hydrogen-bond donors (Lipinski definition) is 0. The maximum Gasteiger partial charge on any atom is 0.416 e. The summed E-state index contributed by atoms with van der Waals surface area (Å²) in [6.45, 7) is -0.0621. The first-order valence-electron chi connectivity index (χ1n) is 11.5. The average molecular weight is 609 g/mol. The third kappa shape index (κ3) is 5.74. The molecular weight excluding hydrogens is 593 g/mol. The first-order valence-corrected chi connectivity index (χ1v) is 12.7. The van der Waals surface area contributed by atoms with Crippen molar-refractivity contribution in [2.75, 3.05) is 13.9 Å². The number of imide groups is 1. The lowest BCUT2D eigenvalue weighted by molar-refractivity contribution is -0.385. The molecule has 0 aliphatic carbocycles. The van der Waals surface area contributed by atoms with E-state index in [4.69, 9.17) is 30.5 Å². The Morgan fingerprint density at radius 3 is 2.46 bits per heavy atom. The number of benzene rings is 3. The summed E-state index contributed by atoms with van der Waals surface area (Å²) in [5, 5.41) is 11.2. The van der Waals surface area contributed by atoms with E-state index >= 15 is 0 Å². The fraction of sp³-hybridized carbons (Fsp3) is 0.154. The summed E-state index contributed by atoms with van der Waals surface area (Å²) in [4.78, 5) is 37.2. The van der Waals surface area contributed by atoms with Crippen LogP contribution in [0.3, 0.4) is 0 Å². The number of nitro groups is 1. The van der Waals surface area contributed by atoms with E-state index in [2.05, 4.69) is 0 Å². The van der Waals surface area contributed by atoms with E-state index in [-0.39, 0.29) is 29.7 Å². The fourth-order valence-corrected chi connectivity index (χ4v) is 4.99. The van der Waals surface area contributed by atoms with Gasteiger partial charge in [0.15, 0.2) is 23.0 Å². The predicted octanol–water partition coefficient (Wildman–Crippen LogP) is 7.03. The van der Waals surface area contributed by atoms with Crippen LogP contribution in [0.5, 0.6) is 28.7 Å². The van der Waals surface area contributed by atoms with Gasteiger partial charge >= 0.3 is 11.9 Å². The number of rotatable bonds is 7. The highest BCUT2D eigenvalue weighted by atomic mass is 35.5. The van der Waals surface area contributed by atoms with E-state index < -0.39 is 39.2 Å². The van der Waals surface area contributed by atoms with E-state index in [0.29, 0.717) is 51.5 Å². The number of hydrogen-bond acceptors (Lipinski definition) is 9. The molecule has 0 radical (unpaired) electrons. The maximum absolute atomic E-state index is 13.0. The number of fused-ring (bicyclic) bond motifs is 1. The summed E-state index contributed by atoms with van der Waals surface area (Å²) in [7, 11) is 1.29. The minimum Gasteiger partial charge on any atom is -0.493 e. The van der Waals surface area contributed by atoms with Crippen molar-refractivity contribution in [3.8, 4) is 28.7 Å². The lowest BCUT2D eigenvalue weighted by Crippen LogP contribution is -2.27. The predicted molar refractivity (Wildman–Crippen MR) is 140 cm³/mol. The zero-order valence-electron chi connectivity index (χ0n) is 20.7. The van der Waals surface area contributed by atoms with Gasteiger partial charge in [-0.1, -0.05) is 17.7 Å². The number of nitrogens with zero attached hydrogens (tertiary/aromatic N) is 2. The van der Waals surface area contributed by atoms with Crippen LogP contribution in [0.25, 0.3) is 6.08 Å². The Balaban J connectivity index is 1.37. The molecule has 0 saturated carbocycles. The van der Waals surface area contributed by atoms with Crippen LogP contribution in [-0.2, 0) is 17.5 Å². The quantitative estimate of drug-likeness (QED) is 0.158. The molecule has 0 spiro atoms. The highest BCUT2D eigenvalue weighted by Crippen LogP contribution is 2.42. The number of ether oxygens (including phenoxy) is 4. The molecule has 0 N–H and O–H groups in total. The smallest absolute Gasteiger partial charge is 0.416 e. The molecule has 0 unspecified atom stereocenters. The first-order chi connectivity index (χ1) is 19.4. The molecule has 41 heavy (non-hydrogen) atoms. The Morgan fingerprint density at radius 1 is 1.07 bits per heavy atom.